The zero-order chi connectivity index (χ0) is 26.4. The third-order valence-corrected chi connectivity index (χ3v) is 7.69. The van der Waals surface area contributed by atoms with E-state index in [1.54, 1.807) is 24.0 Å². The molecule has 0 spiro atoms. The van der Waals surface area contributed by atoms with Gasteiger partial charge in [-0.2, -0.15) is 13.2 Å². The first-order chi connectivity index (χ1) is 18.3. The topological polar surface area (TPSA) is 107 Å². The number of anilines is 1. The first-order valence-electron chi connectivity index (χ1n) is 12.3. The molecule has 198 valence electrons. The van der Waals surface area contributed by atoms with E-state index in [1.165, 1.54) is 0 Å². The van der Waals surface area contributed by atoms with Crippen LogP contribution in [-0.4, -0.2) is 59.5 Å². The summed E-state index contributed by atoms with van der Waals surface area (Å²) in [6.07, 6.45) is 5.53. The van der Waals surface area contributed by atoms with Crippen molar-refractivity contribution in [1.82, 2.24) is 39.6 Å². The van der Waals surface area contributed by atoms with Gasteiger partial charge in [0.2, 0.25) is 0 Å². The highest BCUT2D eigenvalue weighted by Gasteiger charge is 2.39. The van der Waals surface area contributed by atoms with Gasteiger partial charge in [0.1, 0.15) is 18.1 Å². The molecule has 1 amide bonds. The number of carbonyl (C=O) groups is 1. The molecule has 14 heteroatoms. The van der Waals surface area contributed by atoms with E-state index in [9.17, 15) is 18.0 Å². The maximum atomic E-state index is 13.2. The molecule has 2 fully saturated rings. The quantitative estimate of drug-likeness (QED) is 0.356. The molecule has 5 heterocycles. The number of thiazole rings is 1. The Bertz CT molecular complexity index is 1470. The minimum Gasteiger partial charge on any atom is -0.368 e. The molecule has 4 aromatic rings. The lowest BCUT2D eigenvalue weighted by Crippen LogP contribution is -2.38. The number of hydrogen-bond acceptors (Lipinski definition) is 8. The summed E-state index contributed by atoms with van der Waals surface area (Å²) in [6.45, 7) is 2.99. The Kier molecular flexibility index (Phi) is 6.13. The highest BCUT2D eigenvalue weighted by Crippen LogP contribution is 2.39. The first-order valence-corrected chi connectivity index (χ1v) is 13.1. The Morgan fingerprint density at radius 3 is 2.74 bits per heavy atom. The monoisotopic (exact) mass is 543 g/mol. The molecule has 1 aliphatic heterocycles. The molecule has 1 saturated carbocycles. The van der Waals surface area contributed by atoms with Crippen molar-refractivity contribution in [2.24, 2.45) is 0 Å². The van der Waals surface area contributed by atoms with Crippen LogP contribution in [0.1, 0.15) is 60.0 Å². The van der Waals surface area contributed by atoms with E-state index in [4.69, 9.17) is 0 Å². The van der Waals surface area contributed by atoms with Gasteiger partial charge in [0.15, 0.2) is 10.8 Å². The lowest BCUT2D eigenvalue weighted by molar-refractivity contribution is -0.162. The number of halogens is 3. The molecular weight excluding hydrogens is 519 g/mol. The standard InChI is InChI=1S/C24H24F3N9OS/c1-14(24(25,26)27)36-13-31-33-21(36)23-32-16(11-38-23)8-29-22(37)17-7-19(20(9-28-17)34-5-2-6-34)35-10-18(30-12-35)15-3-4-15/h7,9-15H,2-6,8H2,1H3,(H,29,37)/t14-/m0/s1. The molecular formula is C24H24F3N9OS. The second-order valence-electron chi connectivity index (χ2n) is 9.49. The van der Waals surface area contributed by atoms with Crippen molar-refractivity contribution in [2.45, 2.75) is 50.9 Å². The van der Waals surface area contributed by atoms with Crippen molar-refractivity contribution in [3.05, 3.63) is 53.6 Å². The lowest BCUT2D eigenvalue weighted by atomic mass is 10.1. The summed E-state index contributed by atoms with van der Waals surface area (Å²) in [7, 11) is 0. The number of nitrogens with one attached hydrogen (secondary N) is 1. The van der Waals surface area contributed by atoms with Gasteiger partial charge in [0.25, 0.3) is 5.91 Å². The number of pyridine rings is 1. The molecule has 4 aromatic heterocycles. The number of carbonyl (C=O) groups excluding carboxylic acids is 1. The van der Waals surface area contributed by atoms with E-state index in [2.05, 4.69) is 35.4 Å². The van der Waals surface area contributed by atoms with E-state index in [-0.39, 0.29) is 29.0 Å². The van der Waals surface area contributed by atoms with Crippen LogP contribution in [0.3, 0.4) is 0 Å². The SMILES string of the molecule is C[C@H](n1cnnc1-c1nc(CNC(=O)c2cc(-n3cnc(C4CC4)c3)c(N3CCC3)cn2)cs1)C(F)(F)F. The number of rotatable bonds is 8. The summed E-state index contributed by atoms with van der Waals surface area (Å²) in [5, 5.41) is 12.2. The van der Waals surface area contributed by atoms with Crippen molar-refractivity contribution in [3.8, 4) is 16.5 Å². The molecule has 1 atom stereocenters. The Hall–Kier alpha value is -3.81. The van der Waals surface area contributed by atoms with Crippen LogP contribution in [0.4, 0.5) is 18.9 Å². The molecule has 10 nitrogen and oxygen atoms in total. The predicted octanol–water partition coefficient (Wildman–Crippen LogP) is 4.12. The maximum Gasteiger partial charge on any atom is 0.408 e. The fraction of sp³-hybridized carbons (Fsp3) is 0.417. The smallest absolute Gasteiger partial charge is 0.368 e. The van der Waals surface area contributed by atoms with Gasteiger partial charge in [-0.05, 0) is 32.3 Å². The number of imidazole rings is 1. The second-order valence-corrected chi connectivity index (χ2v) is 10.3. The third-order valence-electron chi connectivity index (χ3n) is 6.80. The fourth-order valence-corrected chi connectivity index (χ4v) is 5.02. The van der Waals surface area contributed by atoms with Gasteiger partial charge in [0.05, 0.1) is 41.8 Å². The van der Waals surface area contributed by atoms with Gasteiger partial charge in [-0.3, -0.25) is 9.36 Å². The number of nitrogens with zero attached hydrogens (tertiary/aromatic N) is 8. The molecule has 1 aliphatic carbocycles. The van der Waals surface area contributed by atoms with Crippen LogP contribution in [-0.2, 0) is 6.54 Å². The average molecular weight is 544 g/mol. The normalized spacial score (nSPS) is 16.4. The first kappa shape index (κ1) is 24.5. The van der Waals surface area contributed by atoms with E-state index in [0.717, 1.165) is 78.6 Å². The summed E-state index contributed by atoms with van der Waals surface area (Å²) in [4.78, 5) is 28.5. The van der Waals surface area contributed by atoms with Crippen LogP contribution in [0.15, 0.2) is 36.5 Å². The number of alkyl halides is 3. The average Bonchev–Trinajstić information content (AvgIpc) is 3.25. The van der Waals surface area contributed by atoms with E-state index >= 15 is 0 Å². The minimum atomic E-state index is -4.45. The molecule has 6 rings (SSSR count). The zero-order valence-electron chi connectivity index (χ0n) is 20.4. The number of aromatic nitrogens is 7. The number of hydrogen-bond donors (Lipinski definition) is 1. The van der Waals surface area contributed by atoms with Crippen LogP contribution in [0.25, 0.3) is 16.5 Å². The number of amides is 1. The molecule has 0 radical (unpaired) electrons. The van der Waals surface area contributed by atoms with E-state index in [0.29, 0.717) is 11.6 Å². The van der Waals surface area contributed by atoms with Crippen LogP contribution in [0.5, 0.6) is 0 Å². The Labute approximate surface area is 219 Å². The van der Waals surface area contributed by atoms with Crippen molar-refractivity contribution >= 4 is 22.9 Å². The van der Waals surface area contributed by atoms with Crippen molar-refractivity contribution in [3.63, 3.8) is 0 Å². The lowest BCUT2D eigenvalue weighted by Gasteiger charge is -2.34. The zero-order valence-corrected chi connectivity index (χ0v) is 21.2. The van der Waals surface area contributed by atoms with Gasteiger partial charge >= 0.3 is 6.18 Å². The van der Waals surface area contributed by atoms with Crippen molar-refractivity contribution in [2.75, 3.05) is 18.0 Å². The molecule has 0 bridgehead atoms. The Morgan fingerprint density at radius 1 is 1.21 bits per heavy atom. The Morgan fingerprint density at radius 2 is 2.03 bits per heavy atom. The molecule has 1 saturated heterocycles. The summed E-state index contributed by atoms with van der Waals surface area (Å²) in [5.74, 6) is 0.158. The van der Waals surface area contributed by atoms with Gasteiger partial charge in [-0.1, -0.05) is 0 Å². The summed E-state index contributed by atoms with van der Waals surface area (Å²) >= 11 is 1.14. The van der Waals surface area contributed by atoms with Gasteiger partial charge in [-0.15, -0.1) is 21.5 Å². The van der Waals surface area contributed by atoms with Gasteiger partial charge in [0, 0.05) is 30.6 Å². The highest BCUT2D eigenvalue weighted by atomic mass is 32.1. The van der Waals surface area contributed by atoms with Gasteiger partial charge < -0.3 is 14.8 Å². The van der Waals surface area contributed by atoms with Crippen LogP contribution < -0.4 is 10.2 Å². The molecule has 2 aliphatic rings. The molecule has 0 aromatic carbocycles. The van der Waals surface area contributed by atoms with E-state index < -0.39 is 12.2 Å². The van der Waals surface area contributed by atoms with Gasteiger partial charge in [-0.25, -0.2) is 15.0 Å². The maximum absolute atomic E-state index is 13.2. The van der Waals surface area contributed by atoms with Crippen molar-refractivity contribution < 1.29 is 18.0 Å². The highest BCUT2D eigenvalue weighted by molar-refractivity contribution is 7.13. The predicted molar refractivity (Wildman–Crippen MR) is 133 cm³/mol. The second kappa shape index (κ2) is 9.49. The summed E-state index contributed by atoms with van der Waals surface area (Å²) < 4.78 is 42.5. The summed E-state index contributed by atoms with van der Waals surface area (Å²) in [5.41, 5.74) is 3.60. The molecule has 38 heavy (non-hydrogen) atoms. The van der Waals surface area contributed by atoms with Crippen LogP contribution >= 0.6 is 11.3 Å². The molecule has 1 N–H and O–H groups in total. The largest absolute Gasteiger partial charge is 0.408 e. The molecule has 0 unspecified atom stereocenters. The fourth-order valence-electron chi connectivity index (χ4n) is 4.22. The van der Waals surface area contributed by atoms with Crippen molar-refractivity contribution in [1.29, 1.82) is 0 Å². The van der Waals surface area contributed by atoms with Crippen LogP contribution in [0, 0.1) is 0 Å². The van der Waals surface area contributed by atoms with Crippen LogP contribution in [0.2, 0.25) is 0 Å². The third kappa shape index (κ3) is 4.75. The summed E-state index contributed by atoms with van der Waals surface area (Å²) in [6, 6.07) is -0.0376. The minimum absolute atomic E-state index is 0.0243. The van der Waals surface area contributed by atoms with E-state index in [1.807, 2.05) is 10.8 Å². The Balaban J connectivity index is 1.18.